The van der Waals surface area contributed by atoms with E-state index in [1.165, 1.54) is 23.9 Å². The standard InChI is InChI=1S/C14H26N6O2S.C9H8F2.CH4O2/c1-2-7-23-14-18-12(16)11(15)13(19-14)20(17)9-3-4-10(8-9)22-6-5-21;10-8-4-3-7(5-9(8)11)6-1-2-6;2-1-3/h9-10,21H,2-8,15,17H2,1H3,(H2,16,18,19);3-6H,1-2H2;2-3H,1H2. The van der Waals surface area contributed by atoms with Gasteiger partial charge in [-0.2, -0.15) is 0 Å². The SMILES string of the molecule is CCCSc1nc(N)c(N)c(N(N)C2CCC(OCCO)C2)n1.Fc1ccc(C2CC2)cc1F.OCO. The van der Waals surface area contributed by atoms with E-state index in [4.69, 9.17) is 37.4 Å². The van der Waals surface area contributed by atoms with Gasteiger partial charge in [-0.1, -0.05) is 24.8 Å². The lowest BCUT2D eigenvalue weighted by Gasteiger charge is -2.26. The molecular formula is C24H38F2N6O4S. The largest absolute Gasteiger partial charge is 0.394 e. The summed E-state index contributed by atoms with van der Waals surface area (Å²) in [5, 5.41) is 25.3. The summed E-state index contributed by atoms with van der Waals surface area (Å²) in [4.78, 5) is 8.67. The fourth-order valence-electron chi connectivity index (χ4n) is 3.81. The van der Waals surface area contributed by atoms with E-state index in [0.717, 1.165) is 49.8 Å². The average molecular weight is 545 g/mol. The minimum absolute atomic E-state index is 0.0287. The third-order valence-electron chi connectivity index (χ3n) is 5.80. The number of benzene rings is 1. The van der Waals surface area contributed by atoms with E-state index < -0.39 is 18.4 Å². The molecule has 2 fully saturated rings. The summed E-state index contributed by atoms with van der Waals surface area (Å²) in [5.74, 6) is 6.91. The number of anilines is 3. The number of hydrogen-bond acceptors (Lipinski definition) is 11. The maximum atomic E-state index is 12.6. The highest BCUT2D eigenvalue weighted by atomic mass is 32.2. The second kappa shape index (κ2) is 15.8. The van der Waals surface area contributed by atoms with Crippen LogP contribution < -0.4 is 22.3 Å². The molecule has 0 saturated heterocycles. The van der Waals surface area contributed by atoms with Gasteiger partial charge < -0.3 is 31.5 Å². The molecule has 2 unspecified atom stereocenters. The van der Waals surface area contributed by atoms with Crippen LogP contribution >= 0.6 is 11.8 Å². The number of nitrogens with two attached hydrogens (primary N) is 3. The predicted octanol–water partition coefficient (Wildman–Crippen LogP) is 2.52. The third kappa shape index (κ3) is 9.83. The van der Waals surface area contributed by atoms with Crippen molar-refractivity contribution in [3.63, 3.8) is 0 Å². The van der Waals surface area contributed by atoms with Gasteiger partial charge in [0.05, 0.1) is 19.3 Å². The molecule has 0 bridgehead atoms. The van der Waals surface area contributed by atoms with Crippen molar-refractivity contribution in [1.82, 2.24) is 9.97 Å². The van der Waals surface area contributed by atoms with E-state index in [1.54, 1.807) is 11.1 Å². The molecule has 4 rings (SSSR count). The molecule has 208 valence electrons. The molecule has 2 atom stereocenters. The summed E-state index contributed by atoms with van der Waals surface area (Å²) in [7, 11) is 0. The van der Waals surface area contributed by atoms with Crippen molar-refractivity contribution in [3.05, 3.63) is 35.4 Å². The van der Waals surface area contributed by atoms with Crippen LogP contribution in [0.5, 0.6) is 0 Å². The molecule has 1 heterocycles. The molecular weight excluding hydrogens is 506 g/mol. The van der Waals surface area contributed by atoms with Crippen molar-refractivity contribution in [2.75, 3.05) is 42.2 Å². The Balaban J connectivity index is 0.000000283. The third-order valence-corrected chi connectivity index (χ3v) is 6.85. The molecule has 2 saturated carbocycles. The lowest BCUT2D eigenvalue weighted by atomic mass is 10.1. The molecule has 9 N–H and O–H groups in total. The van der Waals surface area contributed by atoms with Crippen LogP contribution in [0.4, 0.5) is 26.1 Å². The molecule has 2 aliphatic rings. The first kappa shape index (κ1) is 30.9. The normalized spacial score (nSPS) is 18.5. The Kier molecular flexibility index (Phi) is 13.2. The fraction of sp³-hybridized carbons (Fsp3) is 0.583. The Morgan fingerprint density at radius 3 is 2.38 bits per heavy atom. The zero-order valence-corrected chi connectivity index (χ0v) is 21.8. The van der Waals surface area contributed by atoms with Gasteiger partial charge in [-0.15, -0.1) is 0 Å². The lowest BCUT2D eigenvalue weighted by Crippen LogP contribution is -2.41. The van der Waals surface area contributed by atoms with E-state index in [-0.39, 0.29) is 24.6 Å². The first-order chi connectivity index (χ1) is 17.7. The number of aliphatic hydroxyl groups is 3. The molecule has 2 aliphatic carbocycles. The highest BCUT2D eigenvalue weighted by Crippen LogP contribution is 2.40. The zero-order chi connectivity index (χ0) is 27.4. The van der Waals surface area contributed by atoms with Crippen molar-refractivity contribution in [3.8, 4) is 0 Å². The van der Waals surface area contributed by atoms with Crippen LogP contribution in [0.25, 0.3) is 0 Å². The van der Waals surface area contributed by atoms with Gasteiger partial charge in [-0.25, -0.2) is 24.6 Å². The van der Waals surface area contributed by atoms with E-state index >= 15 is 0 Å². The second-order valence-corrected chi connectivity index (χ2v) is 9.72. The maximum Gasteiger partial charge on any atom is 0.191 e. The van der Waals surface area contributed by atoms with E-state index in [2.05, 4.69) is 16.9 Å². The van der Waals surface area contributed by atoms with Crippen LogP contribution in [0.3, 0.4) is 0 Å². The van der Waals surface area contributed by atoms with Crippen molar-refractivity contribution >= 4 is 29.1 Å². The van der Waals surface area contributed by atoms with Crippen molar-refractivity contribution < 1.29 is 28.8 Å². The molecule has 0 amide bonds. The molecule has 1 aromatic carbocycles. The number of ether oxygens (including phenoxy) is 1. The van der Waals surface area contributed by atoms with Crippen LogP contribution in [0.1, 0.15) is 56.9 Å². The number of rotatable bonds is 9. The number of aliphatic hydroxyl groups excluding tert-OH is 2. The van der Waals surface area contributed by atoms with Crippen LogP contribution in [0, 0.1) is 11.6 Å². The second-order valence-electron chi connectivity index (χ2n) is 8.66. The van der Waals surface area contributed by atoms with E-state index in [1.807, 2.05) is 0 Å². The highest BCUT2D eigenvalue weighted by Gasteiger charge is 2.31. The maximum absolute atomic E-state index is 12.6. The fourth-order valence-corrected chi connectivity index (χ4v) is 4.51. The van der Waals surface area contributed by atoms with Crippen LogP contribution in [-0.4, -0.2) is 63.2 Å². The van der Waals surface area contributed by atoms with Crippen molar-refractivity contribution in [1.29, 1.82) is 0 Å². The molecule has 0 radical (unpaired) electrons. The molecule has 2 aromatic rings. The number of aromatic nitrogens is 2. The lowest BCUT2D eigenvalue weighted by molar-refractivity contribution is 0.0322. The predicted molar refractivity (Wildman–Crippen MR) is 141 cm³/mol. The molecule has 10 nitrogen and oxygen atoms in total. The number of halogens is 2. The molecule has 13 heteroatoms. The van der Waals surface area contributed by atoms with Crippen LogP contribution in [-0.2, 0) is 4.74 Å². The highest BCUT2D eigenvalue weighted by molar-refractivity contribution is 7.99. The van der Waals surface area contributed by atoms with E-state index in [0.29, 0.717) is 29.2 Å². The average Bonchev–Trinajstić information content (AvgIpc) is 3.63. The topological polar surface area (TPSA) is 177 Å². The van der Waals surface area contributed by atoms with Gasteiger partial charge in [0, 0.05) is 11.8 Å². The number of nitrogen functional groups attached to an aromatic ring is 2. The van der Waals surface area contributed by atoms with Gasteiger partial charge in [0.2, 0.25) is 0 Å². The first-order valence-electron chi connectivity index (χ1n) is 12.2. The Morgan fingerprint density at radius 1 is 1.08 bits per heavy atom. The van der Waals surface area contributed by atoms with Gasteiger partial charge in [-0.3, -0.25) is 5.01 Å². The summed E-state index contributed by atoms with van der Waals surface area (Å²) < 4.78 is 30.6. The zero-order valence-electron chi connectivity index (χ0n) is 21.0. The summed E-state index contributed by atoms with van der Waals surface area (Å²) in [6.07, 6.45) is 5.91. The van der Waals surface area contributed by atoms with Gasteiger partial charge in [0.15, 0.2) is 28.4 Å². The Hall–Kier alpha value is -2.29. The number of nitrogens with zero attached hydrogens (tertiary/aromatic N) is 3. The molecule has 0 spiro atoms. The monoisotopic (exact) mass is 544 g/mol. The molecule has 0 aliphatic heterocycles. The van der Waals surface area contributed by atoms with Gasteiger partial charge in [0.25, 0.3) is 0 Å². The van der Waals surface area contributed by atoms with Crippen molar-refractivity contribution in [2.45, 2.75) is 68.7 Å². The van der Waals surface area contributed by atoms with Crippen molar-refractivity contribution in [2.24, 2.45) is 5.84 Å². The molecule has 1 aromatic heterocycles. The van der Waals surface area contributed by atoms with Gasteiger partial charge >= 0.3 is 0 Å². The van der Waals surface area contributed by atoms with E-state index in [9.17, 15) is 8.78 Å². The minimum atomic E-state index is -0.755. The summed E-state index contributed by atoms with van der Waals surface area (Å²) in [6.45, 7) is 1.72. The summed E-state index contributed by atoms with van der Waals surface area (Å²) in [5.41, 5.74) is 13.2. The van der Waals surface area contributed by atoms with Crippen LogP contribution in [0.15, 0.2) is 23.4 Å². The Morgan fingerprint density at radius 2 is 1.78 bits per heavy atom. The number of hydrogen-bond donors (Lipinski definition) is 6. The first-order valence-corrected chi connectivity index (χ1v) is 13.2. The summed E-state index contributed by atoms with van der Waals surface area (Å²) >= 11 is 1.54. The number of thioether (sulfide) groups is 1. The Bertz CT molecular complexity index is 973. The van der Waals surface area contributed by atoms with Gasteiger partial charge in [0.1, 0.15) is 12.5 Å². The molecule has 37 heavy (non-hydrogen) atoms. The van der Waals surface area contributed by atoms with Gasteiger partial charge in [-0.05, 0) is 62.1 Å². The quantitative estimate of drug-likeness (QED) is 0.0899. The minimum Gasteiger partial charge on any atom is -0.394 e. The number of hydrazine groups is 1. The Labute approximate surface area is 220 Å². The van der Waals surface area contributed by atoms with Crippen LogP contribution in [0.2, 0.25) is 0 Å². The smallest absolute Gasteiger partial charge is 0.191 e. The summed E-state index contributed by atoms with van der Waals surface area (Å²) in [6, 6.07) is 4.24.